The van der Waals surface area contributed by atoms with E-state index in [1.807, 2.05) is 17.2 Å². The zero-order valence-electron chi connectivity index (χ0n) is 12.5. The number of rotatable bonds is 2. The normalized spacial score (nSPS) is 22.5. The summed E-state index contributed by atoms with van der Waals surface area (Å²) in [7, 11) is 0. The van der Waals surface area contributed by atoms with Crippen molar-refractivity contribution in [3.05, 3.63) is 18.6 Å². The molecule has 4 rings (SSSR count). The van der Waals surface area contributed by atoms with Gasteiger partial charge in [0.15, 0.2) is 0 Å². The van der Waals surface area contributed by atoms with Crippen molar-refractivity contribution in [3.63, 3.8) is 0 Å². The lowest BCUT2D eigenvalue weighted by Crippen LogP contribution is -2.57. The molecule has 2 saturated heterocycles. The molecule has 1 unspecified atom stereocenters. The molecule has 2 fully saturated rings. The lowest BCUT2D eigenvalue weighted by Gasteiger charge is -2.35. The van der Waals surface area contributed by atoms with Crippen LogP contribution in [0, 0.1) is 0 Å². The zero-order chi connectivity index (χ0) is 14.9. The van der Waals surface area contributed by atoms with Gasteiger partial charge in [-0.05, 0) is 18.9 Å². The molecule has 7 nitrogen and oxygen atoms in total. The molecular weight excluding hydrogens is 280 g/mol. The minimum absolute atomic E-state index is 0.143. The fourth-order valence-corrected chi connectivity index (χ4v) is 3.38. The van der Waals surface area contributed by atoms with Gasteiger partial charge in [0, 0.05) is 38.9 Å². The maximum Gasteiger partial charge on any atom is 0.241 e. The lowest BCUT2D eigenvalue weighted by molar-refractivity contribution is -0.132. The first kappa shape index (κ1) is 13.5. The number of nitrogens with one attached hydrogen (secondary N) is 2. The Labute approximate surface area is 128 Å². The van der Waals surface area contributed by atoms with Gasteiger partial charge in [-0.15, -0.1) is 0 Å². The van der Waals surface area contributed by atoms with Gasteiger partial charge in [-0.3, -0.25) is 4.79 Å². The number of aromatic amines is 1. The van der Waals surface area contributed by atoms with Crippen molar-refractivity contribution in [1.29, 1.82) is 0 Å². The summed E-state index contributed by atoms with van der Waals surface area (Å²) < 4.78 is 0. The van der Waals surface area contributed by atoms with Crippen LogP contribution in [-0.4, -0.2) is 64.5 Å². The van der Waals surface area contributed by atoms with E-state index in [9.17, 15) is 4.79 Å². The second-order valence-corrected chi connectivity index (χ2v) is 5.92. The van der Waals surface area contributed by atoms with Gasteiger partial charge in [-0.1, -0.05) is 0 Å². The minimum Gasteiger partial charge on any atom is -0.353 e. The third-order valence-electron chi connectivity index (χ3n) is 4.52. The SMILES string of the molecule is O=C(C1CN(c2ncnc3[nH]ccc23)CCN1)N1CCCC1. The van der Waals surface area contributed by atoms with E-state index < -0.39 is 0 Å². The van der Waals surface area contributed by atoms with E-state index in [4.69, 9.17) is 0 Å². The highest BCUT2D eigenvalue weighted by molar-refractivity contribution is 5.88. The molecule has 22 heavy (non-hydrogen) atoms. The molecule has 1 atom stereocenters. The molecule has 2 aliphatic rings. The third kappa shape index (κ3) is 2.31. The Hall–Kier alpha value is -2.15. The molecule has 0 spiro atoms. The van der Waals surface area contributed by atoms with Gasteiger partial charge < -0.3 is 20.1 Å². The highest BCUT2D eigenvalue weighted by Crippen LogP contribution is 2.23. The fourth-order valence-electron chi connectivity index (χ4n) is 3.38. The molecule has 4 heterocycles. The van der Waals surface area contributed by atoms with E-state index in [0.717, 1.165) is 55.9 Å². The number of likely N-dealkylation sites (tertiary alicyclic amines) is 1. The van der Waals surface area contributed by atoms with Gasteiger partial charge in [-0.25, -0.2) is 9.97 Å². The molecule has 0 bridgehead atoms. The first-order valence-corrected chi connectivity index (χ1v) is 7.88. The van der Waals surface area contributed by atoms with Crippen LogP contribution < -0.4 is 10.2 Å². The van der Waals surface area contributed by atoms with Gasteiger partial charge in [0.05, 0.1) is 5.39 Å². The summed E-state index contributed by atoms with van der Waals surface area (Å²) in [6, 6.07) is 1.85. The number of hydrogen-bond donors (Lipinski definition) is 2. The van der Waals surface area contributed by atoms with Crippen LogP contribution in [0.25, 0.3) is 11.0 Å². The predicted molar refractivity (Wildman–Crippen MR) is 83.7 cm³/mol. The van der Waals surface area contributed by atoms with Crippen LogP contribution in [-0.2, 0) is 4.79 Å². The Morgan fingerprint density at radius 1 is 1.23 bits per heavy atom. The number of carbonyl (C=O) groups excluding carboxylic acids is 1. The zero-order valence-corrected chi connectivity index (χ0v) is 12.5. The number of aromatic nitrogens is 3. The lowest BCUT2D eigenvalue weighted by atomic mass is 10.1. The van der Waals surface area contributed by atoms with E-state index in [1.54, 1.807) is 6.33 Å². The number of H-pyrrole nitrogens is 1. The number of fused-ring (bicyclic) bond motifs is 1. The van der Waals surface area contributed by atoms with E-state index in [0.29, 0.717) is 6.54 Å². The van der Waals surface area contributed by atoms with Crippen LogP contribution in [0.3, 0.4) is 0 Å². The van der Waals surface area contributed by atoms with Crippen LogP contribution >= 0.6 is 0 Å². The molecule has 7 heteroatoms. The first-order chi connectivity index (χ1) is 10.8. The highest BCUT2D eigenvalue weighted by atomic mass is 16.2. The predicted octanol–water partition coefficient (Wildman–Crippen LogP) is 0.359. The minimum atomic E-state index is -0.143. The van der Waals surface area contributed by atoms with Crippen molar-refractivity contribution >= 4 is 22.8 Å². The number of anilines is 1. The smallest absolute Gasteiger partial charge is 0.241 e. The van der Waals surface area contributed by atoms with Crippen molar-refractivity contribution in [2.45, 2.75) is 18.9 Å². The van der Waals surface area contributed by atoms with Crippen molar-refractivity contribution in [2.24, 2.45) is 0 Å². The van der Waals surface area contributed by atoms with E-state index in [1.165, 1.54) is 0 Å². The van der Waals surface area contributed by atoms with Crippen molar-refractivity contribution < 1.29 is 4.79 Å². The average Bonchev–Trinajstić information content (AvgIpc) is 3.25. The monoisotopic (exact) mass is 300 g/mol. The molecule has 1 amide bonds. The second-order valence-electron chi connectivity index (χ2n) is 5.92. The summed E-state index contributed by atoms with van der Waals surface area (Å²) in [6.45, 7) is 4.09. The van der Waals surface area contributed by atoms with Gasteiger partial charge in [-0.2, -0.15) is 0 Å². The van der Waals surface area contributed by atoms with Crippen molar-refractivity contribution in [1.82, 2.24) is 25.2 Å². The number of hydrogen-bond acceptors (Lipinski definition) is 5. The number of carbonyl (C=O) groups is 1. The standard InChI is InChI=1S/C15H20N6O/c22-15(20-6-1-2-7-20)12-9-21(8-5-16-12)14-11-3-4-17-13(11)18-10-19-14/h3-4,10,12,16H,1-2,5-9H2,(H,17,18,19). The Morgan fingerprint density at radius 3 is 2.95 bits per heavy atom. The fraction of sp³-hybridized carbons (Fsp3) is 0.533. The number of nitrogens with zero attached hydrogens (tertiary/aromatic N) is 4. The molecule has 2 aromatic rings. The van der Waals surface area contributed by atoms with Crippen molar-refractivity contribution in [3.8, 4) is 0 Å². The molecule has 2 aromatic heterocycles. The summed E-state index contributed by atoms with van der Waals surface area (Å²) in [5.74, 6) is 1.13. The summed E-state index contributed by atoms with van der Waals surface area (Å²) in [5.41, 5.74) is 0.839. The Morgan fingerprint density at radius 2 is 2.09 bits per heavy atom. The van der Waals surface area contributed by atoms with E-state index in [-0.39, 0.29) is 11.9 Å². The van der Waals surface area contributed by atoms with Crippen LogP contribution in [0.15, 0.2) is 18.6 Å². The Bertz CT molecular complexity index is 677. The van der Waals surface area contributed by atoms with Gasteiger partial charge in [0.2, 0.25) is 5.91 Å². The maximum absolute atomic E-state index is 12.6. The van der Waals surface area contributed by atoms with Crippen LogP contribution in [0.4, 0.5) is 5.82 Å². The molecule has 2 aliphatic heterocycles. The number of amides is 1. The van der Waals surface area contributed by atoms with E-state index >= 15 is 0 Å². The van der Waals surface area contributed by atoms with Crippen LogP contribution in [0.2, 0.25) is 0 Å². The highest BCUT2D eigenvalue weighted by Gasteiger charge is 2.31. The average molecular weight is 300 g/mol. The third-order valence-corrected chi connectivity index (χ3v) is 4.52. The first-order valence-electron chi connectivity index (χ1n) is 7.88. The van der Waals surface area contributed by atoms with E-state index in [2.05, 4.69) is 25.2 Å². The summed E-state index contributed by atoms with van der Waals surface area (Å²) in [4.78, 5) is 28.5. The Balaban J connectivity index is 1.55. The topological polar surface area (TPSA) is 77.1 Å². The molecule has 0 radical (unpaired) electrons. The second kappa shape index (κ2) is 5.57. The molecule has 0 aliphatic carbocycles. The summed E-state index contributed by atoms with van der Waals surface area (Å²) >= 11 is 0. The van der Waals surface area contributed by atoms with Gasteiger partial charge in [0.1, 0.15) is 23.8 Å². The largest absolute Gasteiger partial charge is 0.353 e. The quantitative estimate of drug-likeness (QED) is 0.837. The van der Waals surface area contributed by atoms with Gasteiger partial charge in [0.25, 0.3) is 0 Å². The molecule has 2 N–H and O–H groups in total. The summed E-state index contributed by atoms with van der Waals surface area (Å²) in [5, 5.41) is 4.36. The molecule has 116 valence electrons. The van der Waals surface area contributed by atoms with Gasteiger partial charge >= 0.3 is 0 Å². The summed E-state index contributed by atoms with van der Waals surface area (Å²) in [6.07, 6.45) is 5.70. The van der Waals surface area contributed by atoms with Crippen LogP contribution in [0.5, 0.6) is 0 Å². The Kier molecular flexibility index (Phi) is 3.42. The number of piperazine rings is 1. The van der Waals surface area contributed by atoms with Crippen molar-refractivity contribution in [2.75, 3.05) is 37.6 Å². The molecular formula is C15H20N6O. The maximum atomic E-state index is 12.6. The van der Waals surface area contributed by atoms with Crippen LogP contribution in [0.1, 0.15) is 12.8 Å². The molecule has 0 saturated carbocycles. The molecule has 0 aromatic carbocycles.